The Morgan fingerprint density at radius 3 is 2.59 bits per heavy atom. The van der Waals surface area contributed by atoms with Gasteiger partial charge >= 0.3 is 6.18 Å². The molecule has 7 heteroatoms. The maximum atomic E-state index is 12.8. The van der Waals surface area contributed by atoms with Gasteiger partial charge in [-0.1, -0.05) is 6.92 Å². The summed E-state index contributed by atoms with van der Waals surface area (Å²) in [5.74, 6) is 0.834. The zero-order valence-electron chi connectivity index (χ0n) is 9.75. The fourth-order valence-corrected chi connectivity index (χ4v) is 2.00. The predicted octanol–water partition coefficient (Wildman–Crippen LogP) is 1.60. The molecule has 1 aliphatic heterocycles. The molecule has 0 spiro atoms. The van der Waals surface area contributed by atoms with Gasteiger partial charge in [0.05, 0.1) is 0 Å². The van der Waals surface area contributed by atoms with Gasteiger partial charge in [-0.15, -0.1) is 10.2 Å². The van der Waals surface area contributed by atoms with E-state index in [1.165, 1.54) is 4.57 Å². The topological polar surface area (TPSA) is 56.7 Å². The van der Waals surface area contributed by atoms with E-state index in [1.54, 1.807) is 0 Å². The summed E-state index contributed by atoms with van der Waals surface area (Å²) in [6.07, 6.45) is -3.05. The average Bonchev–Trinajstić information content (AvgIpc) is 2.58. The standard InChI is InChI=1S/C10H15F3N4/c1-6-3-4-17-7(5-6)15-16-8(17)9(2,14)10(11,12)13/h6H,3-5,14H2,1-2H3. The van der Waals surface area contributed by atoms with Crippen LogP contribution in [-0.2, 0) is 18.5 Å². The molecular formula is C10H15F3N4. The van der Waals surface area contributed by atoms with Crippen LogP contribution in [0.2, 0.25) is 0 Å². The Morgan fingerprint density at radius 2 is 2.00 bits per heavy atom. The van der Waals surface area contributed by atoms with Gasteiger partial charge in [0, 0.05) is 13.0 Å². The molecule has 1 aromatic rings. The van der Waals surface area contributed by atoms with Gasteiger partial charge in [-0.05, 0) is 19.3 Å². The minimum atomic E-state index is -4.53. The van der Waals surface area contributed by atoms with Crippen molar-refractivity contribution >= 4 is 0 Å². The molecule has 0 radical (unpaired) electrons. The molecule has 2 unspecified atom stereocenters. The molecule has 0 aromatic carbocycles. The maximum absolute atomic E-state index is 12.8. The summed E-state index contributed by atoms with van der Waals surface area (Å²) in [5, 5.41) is 7.46. The molecule has 0 fully saturated rings. The first kappa shape index (κ1) is 12.3. The lowest BCUT2D eigenvalue weighted by atomic mass is 9.98. The van der Waals surface area contributed by atoms with Crippen LogP contribution in [0.15, 0.2) is 0 Å². The summed E-state index contributed by atoms with van der Waals surface area (Å²) in [7, 11) is 0. The highest BCUT2D eigenvalue weighted by molar-refractivity contribution is 5.12. The number of aromatic nitrogens is 3. The van der Waals surface area contributed by atoms with Crippen LogP contribution in [-0.4, -0.2) is 20.9 Å². The van der Waals surface area contributed by atoms with Crippen molar-refractivity contribution in [3.8, 4) is 0 Å². The van der Waals surface area contributed by atoms with Crippen molar-refractivity contribution < 1.29 is 13.2 Å². The molecule has 0 saturated heterocycles. The molecule has 0 bridgehead atoms. The van der Waals surface area contributed by atoms with E-state index in [0.717, 1.165) is 13.3 Å². The summed E-state index contributed by atoms with van der Waals surface area (Å²) in [4.78, 5) is 0. The summed E-state index contributed by atoms with van der Waals surface area (Å²) < 4.78 is 40.0. The molecule has 1 aromatic heterocycles. The number of nitrogens with zero attached hydrogens (tertiary/aromatic N) is 3. The number of rotatable bonds is 1. The van der Waals surface area contributed by atoms with E-state index < -0.39 is 11.7 Å². The molecule has 2 heterocycles. The van der Waals surface area contributed by atoms with Crippen molar-refractivity contribution in [3.63, 3.8) is 0 Å². The fourth-order valence-electron chi connectivity index (χ4n) is 2.00. The van der Waals surface area contributed by atoms with Crippen molar-refractivity contribution in [2.45, 2.75) is 44.9 Å². The summed E-state index contributed by atoms with van der Waals surface area (Å²) >= 11 is 0. The van der Waals surface area contributed by atoms with Crippen molar-refractivity contribution in [2.24, 2.45) is 11.7 Å². The lowest BCUT2D eigenvalue weighted by Gasteiger charge is -2.29. The van der Waals surface area contributed by atoms with Crippen LogP contribution in [0.25, 0.3) is 0 Å². The second kappa shape index (κ2) is 3.69. The maximum Gasteiger partial charge on any atom is 0.413 e. The second-order valence-electron chi connectivity index (χ2n) is 4.89. The van der Waals surface area contributed by atoms with Crippen molar-refractivity contribution in [1.29, 1.82) is 0 Å². The van der Waals surface area contributed by atoms with Gasteiger partial charge in [-0.2, -0.15) is 13.2 Å². The minimum Gasteiger partial charge on any atom is -0.313 e. The zero-order valence-corrected chi connectivity index (χ0v) is 9.75. The van der Waals surface area contributed by atoms with E-state index in [4.69, 9.17) is 5.73 Å². The molecule has 2 rings (SSSR count). The second-order valence-corrected chi connectivity index (χ2v) is 4.89. The van der Waals surface area contributed by atoms with Crippen molar-refractivity contribution in [3.05, 3.63) is 11.6 Å². The van der Waals surface area contributed by atoms with Crippen LogP contribution < -0.4 is 5.73 Å². The van der Waals surface area contributed by atoms with Crippen molar-refractivity contribution in [2.75, 3.05) is 0 Å². The van der Waals surface area contributed by atoms with Gasteiger partial charge in [0.15, 0.2) is 11.4 Å². The lowest BCUT2D eigenvalue weighted by Crippen LogP contribution is -2.50. The Labute approximate surface area is 97.0 Å². The third-order valence-corrected chi connectivity index (χ3v) is 3.26. The van der Waals surface area contributed by atoms with Gasteiger partial charge in [0.2, 0.25) is 0 Å². The number of halogens is 3. The van der Waals surface area contributed by atoms with Crippen LogP contribution in [0.1, 0.15) is 31.9 Å². The molecule has 4 nitrogen and oxygen atoms in total. The number of hydrogen-bond donors (Lipinski definition) is 1. The molecule has 0 aliphatic carbocycles. The van der Waals surface area contributed by atoms with Gasteiger partial charge in [-0.3, -0.25) is 0 Å². The SMILES string of the molecule is CC1CCn2c(nnc2C(C)(N)C(F)(F)F)C1. The predicted molar refractivity (Wildman–Crippen MR) is 55.1 cm³/mol. The molecule has 96 valence electrons. The van der Waals surface area contributed by atoms with E-state index in [1.807, 2.05) is 6.92 Å². The Balaban J connectivity index is 2.42. The smallest absolute Gasteiger partial charge is 0.313 e. The van der Waals surface area contributed by atoms with E-state index in [-0.39, 0.29) is 5.82 Å². The Kier molecular flexibility index (Phi) is 2.68. The number of nitrogens with two attached hydrogens (primary N) is 1. The van der Waals surface area contributed by atoms with Gasteiger partial charge in [0.1, 0.15) is 5.82 Å². The third-order valence-electron chi connectivity index (χ3n) is 3.26. The Morgan fingerprint density at radius 1 is 1.35 bits per heavy atom. The number of hydrogen-bond acceptors (Lipinski definition) is 3. The van der Waals surface area contributed by atoms with Crippen LogP contribution in [0.5, 0.6) is 0 Å². The van der Waals surface area contributed by atoms with Gasteiger partial charge < -0.3 is 10.3 Å². The number of alkyl halides is 3. The summed E-state index contributed by atoms with van der Waals surface area (Å²) in [6, 6.07) is 0. The lowest BCUT2D eigenvalue weighted by molar-refractivity contribution is -0.187. The Hall–Kier alpha value is -1.11. The van der Waals surface area contributed by atoms with Crippen LogP contribution >= 0.6 is 0 Å². The van der Waals surface area contributed by atoms with E-state index in [0.29, 0.717) is 24.7 Å². The first-order valence-corrected chi connectivity index (χ1v) is 5.51. The largest absolute Gasteiger partial charge is 0.413 e. The monoisotopic (exact) mass is 248 g/mol. The van der Waals surface area contributed by atoms with Gasteiger partial charge in [0.25, 0.3) is 0 Å². The summed E-state index contributed by atoms with van der Waals surface area (Å²) in [5.41, 5.74) is 2.92. The molecule has 0 amide bonds. The third kappa shape index (κ3) is 1.92. The summed E-state index contributed by atoms with van der Waals surface area (Å²) in [6.45, 7) is 3.48. The highest BCUT2D eigenvalue weighted by Crippen LogP contribution is 2.36. The van der Waals surface area contributed by atoms with E-state index in [9.17, 15) is 13.2 Å². The average molecular weight is 248 g/mol. The molecular weight excluding hydrogens is 233 g/mol. The number of fused-ring (bicyclic) bond motifs is 1. The molecule has 2 N–H and O–H groups in total. The van der Waals surface area contributed by atoms with Crippen LogP contribution in [0.3, 0.4) is 0 Å². The zero-order chi connectivity index (χ0) is 12.8. The molecule has 17 heavy (non-hydrogen) atoms. The van der Waals surface area contributed by atoms with E-state index >= 15 is 0 Å². The van der Waals surface area contributed by atoms with Crippen LogP contribution in [0, 0.1) is 5.92 Å². The normalized spacial score (nSPS) is 24.2. The highest BCUT2D eigenvalue weighted by atomic mass is 19.4. The fraction of sp³-hybridized carbons (Fsp3) is 0.800. The quantitative estimate of drug-likeness (QED) is 0.821. The Bertz CT molecular complexity index is 422. The molecule has 0 saturated carbocycles. The van der Waals surface area contributed by atoms with Crippen LogP contribution in [0.4, 0.5) is 13.2 Å². The first-order chi connectivity index (χ1) is 7.73. The minimum absolute atomic E-state index is 0.188. The molecule has 2 atom stereocenters. The first-order valence-electron chi connectivity index (χ1n) is 5.51. The molecule has 1 aliphatic rings. The highest BCUT2D eigenvalue weighted by Gasteiger charge is 2.53. The van der Waals surface area contributed by atoms with E-state index in [2.05, 4.69) is 10.2 Å². The van der Waals surface area contributed by atoms with Crippen molar-refractivity contribution in [1.82, 2.24) is 14.8 Å². The van der Waals surface area contributed by atoms with Gasteiger partial charge in [-0.25, -0.2) is 0 Å².